The van der Waals surface area contributed by atoms with Gasteiger partial charge in [0.25, 0.3) is 0 Å². The van der Waals surface area contributed by atoms with Crippen LogP contribution in [0.5, 0.6) is 0 Å². The molecule has 0 bridgehead atoms. The van der Waals surface area contributed by atoms with E-state index in [2.05, 4.69) is 156 Å². The molecule has 326 valence electrons. The van der Waals surface area contributed by atoms with Crippen molar-refractivity contribution in [3.8, 4) is 84.3 Å². The van der Waals surface area contributed by atoms with Gasteiger partial charge in [-0.25, -0.2) is 0 Å². The molecule has 10 rings (SSSR count). The molecule has 0 saturated heterocycles. The van der Waals surface area contributed by atoms with Crippen LogP contribution in [0, 0.1) is 36.5 Å². The fourth-order valence-electron chi connectivity index (χ4n) is 8.85. The normalized spacial score (nSPS) is 10.8. The fourth-order valence-corrected chi connectivity index (χ4v) is 8.85. The van der Waals surface area contributed by atoms with Crippen LogP contribution in [0.15, 0.2) is 207 Å². The van der Waals surface area contributed by atoms with E-state index in [1.165, 1.54) is 27.8 Å². The largest absolute Gasteiger partial charge is 3.00 e. The fraction of sp³-hybridized carbons (Fsp3) is 0.0794. The van der Waals surface area contributed by atoms with Crippen molar-refractivity contribution < 1.29 is 20.1 Å². The molecule has 0 atom stereocenters. The summed E-state index contributed by atoms with van der Waals surface area (Å²) >= 11 is 0. The van der Waals surface area contributed by atoms with Gasteiger partial charge in [0.2, 0.25) is 0 Å². The number of hydrogen-bond acceptors (Lipinski definition) is 4. The summed E-state index contributed by atoms with van der Waals surface area (Å²) in [5.74, 6) is 0. The average Bonchev–Trinajstić information content (AvgIpc) is 3.40. The van der Waals surface area contributed by atoms with Gasteiger partial charge in [-0.3, -0.25) is 0 Å². The van der Waals surface area contributed by atoms with Crippen molar-refractivity contribution in [2.75, 3.05) is 0 Å². The topological polar surface area (TPSA) is 62.5 Å². The van der Waals surface area contributed by atoms with Crippen molar-refractivity contribution in [2.24, 2.45) is 0 Å². The molecular formula is C63H45IrN4. The molecule has 0 amide bonds. The van der Waals surface area contributed by atoms with Crippen molar-refractivity contribution in [1.29, 1.82) is 5.26 Å². The summed E-state index contributed by atoms with van der Waals surface area (Å²) in [7, 11) is 0. The van der Waals surface area contributed by atoms with Crippen LogP contribution < -0.4 is 0 Å². The Bertz CT molecular complexity index is 3220. The van der Waals surface area contributed by atoms with Crippen LogP contribution in [0.1, 0.15) is 33.4 Å². The van der Waals surface area contributed by atoms with Crippen molar-refractivity contribution >= 4 is 0 Å². The van der Waals surface area contributed by atoms with Crippen LogP contribution in [0.3, 0.4) is 0 Å². The molecule has 0 fully saturated rings. The smallest absolute Gasteiger partial charge is 0.305 e. The summed E-state index contributed by atoms with van der Waals surface area (Å²) in [6, 6.07) is 78.6. The molecule has 3 heterocycles. The molecule has 5 heteroatoms. The van der Waals surface area contributed by atoms with E-state index in [4.69, 9.17) is 4.98 Å². The molecule has 0 saturated carbocycles. The Kier molecular flexibility index (Phi) is 14.1. The molecule has 0 aliphatic carbocycles. The van der Waals surface area contributed by atoms with Gasteiger partial charge in [-0.15, -0.1) is 94.5 Å². The Morgan fingerprint density at radius 2 is 0.897 bits per heavy atom. The molecule has 7 aromatic carbocycles. The van der Waals surface area contributed by atoms with E-state index in [0.29, 0.717) is 5.56 Å². The number of rotatable bonds is 13. The van der Waals surface area contributed by atoms with Gasteiger partial charge >= 0.3 is 20.1 Å². The zero-order valence-corrected chi connectivity index (χ0v) is 40.0. The number of nitrogens with zero attached hydrogens (tertiary/aromatic N) is 4. The zero-order valence-electron chi connectivity index (χ0n) is 37.6. The Morgan fingerprint density at radius 3 is 1.40 bits per heavy atom. The summed E-state index contributed by atoms with van der Waals surface area (Å²) in [5.41, 5.74) is 21.4. The molecule has 0 aliphatic rings. The van der Waals surface area contributed by atoms with Crippen LogP contribution in [0.25, 0.3) is 78.3 Å². The van der Waals surface area contributed by atoms with E-state index in [0.717, 1.165) is 104 Å². The third kappa shape index (κ3) is 10.4. The van der Waals surface area contributed by atoms with Gasteiger partial charge < -0.3 is 15.0 Å². The molecule has 0 spiro atoms. The van der Waals surface area contributed by atoms with Gasteiger partial charge in [0, 0.05) is 18.6 Å². The third-order valence-electron chi connectivity index (χ3n) is 12.4. The van der Waals surface area contributed by atoms with E-state index in [9.17, 15) is 5.26 Å². The minimum Gasteiger partial charge on any atom is -0.305 e. The maximum absolute atomic E-state index is 9.48. The number of aryl methyl sites for hydroxylation is 5. The summed E-state index contributed by atoms with van der Waals surface area (Å²) < 4.78 is 0. The van der Waals surface area contributed by atoms with Gasteiger partial charge in [-0.2, -0.15) is 5.26 Å². The van der Waals surface area contributed by atoms with Crippen LogP contribution in [0.4, 0.5) is 0 Å². The second-order valence-corrected chi connectivity index (χ2v) is 16.8. The van der Waals surface area contributed by atoms with E-state index >= 15 is 0 Å². The minimum absolute atomic E-state index is 0. The van der Waals surface area contributed by atoms with Gasteiger partial charge in [-0.1, -0.05) is 139 Å². The number of aromatic nitrogens is 3. The zero-order chi connectivity index (χ0) is 45.4. The quantitative estimate of drug-likeness (QED) is 0.108. The number of hydrogen-bond donors (Lipinski definition) is 0. The molecule has 0 N–H and O–H groups in total. The first-order valence-corrected chi connectivity index (χ1v) is 22.7. The van der Waals surface area contributed by atoms with E-state index < -0.39 is 0 Å². The molecular weight excluding hydrogens is 1000 g/mol. The Hall–Kier alpha value is -7.87. The monoisotopic (exact) mass is 1050 g/mol. The third-order valence-corrected chi connectivity index (χ3v) is 12.4. The van der Waals surface area contributed by atoms with Crippen LogP contribution in [0.2, 0.25) is 0 Å². The second kappa shape index (κ2) is 21.2. The molecule has 0 unspecified atom stereocenters. The van der Waals surface area contributed by atoms with Crippen molar-refractivity contribution in [1.82, 2.24) is 15.0 Å². The number of nitriles is 1. The van der Waals surface area contributed by atoms with Crippen LogP contribution in [-0.4, -0.2) is 15.0 Å². The number of benzene rings is 7. The maximum Gasteiger partial charge on any atom is 3.00 e. The van der Waals surface area contributed by atoms with E-state index in [1.54, 1.807) is 0 Å². The Balaban J connectivity index is 0.00000578. The number of pyridine rings is 3. The molecule has 4 nitrogen and oxygen atoms in total. The second-order valence-electron chi connectivity index (χ2n) is 16.8. The Labute approximate surface area is 413 Å². The standard InChI is InChI=1S/C63H45N4.Ir/c1-44-38-49(43-64)23-33-56(44)50-28-30-51(31-29-50)60-42-54(63-14-6-9-37-67-63)32-34-59(60)58-11-3-2-10-57(58)55-40-47(17-15-45-19-24-52(25-20-45)61-12-4-7-35-65-61)39-48(41-55)18-16-46-21-26-53(27-22-46)62-13-5-8-36-66-62;/h2-14,19-24,26,28-31,33-42H,15-18H2,1H3;/q-3;+3. The SMILES string of the molecule is Cc1cc(C#N)ccc1-c1ccc(-c2cc(-c3ccccn3)[c-]cc2-c2ccccc2-c2cc(CCc3c[c-]c(-c4ccccn4)cc3)cc(CCc3c[c-]c(-c4ccccn4)cc3)c2)cc1.[Ir+3]. The Morgan fingerprint density at radius 1 is 0.397 bits per heavy atom. The summed E-state index contributed by atoms with van der Waals surface area (Å²) in [4.78, 5) is 13.7. The van der Waals surface area contributed by atoms with E-state index in [-0.39, 0.29) is 20.1 Å². The molecule has 0 radical (unpaired) electrons. The summed E-state index contributed by atoms with van der Waals surface area (Å²) in [5, 5.41) is 9.48. The van der Waals surface area contributed by atoms with Gasteiger partial charge in [0.05, 0.1) is 11.6 Å². The molecule has 0 aliphatic heterocycles. The molecule has 68 heavy (non-hydrogen) atoms. The predicted octanol–water partition coefficient (Wildman–Crippen LogP) is 14.7. The first kappa shape index (κ1) is 45.3. The van der Waals surface area contributed by atoms with Crippen molar-refractivity contribution in [3.05, 3.63) is 258 Å². The summed E-state index contributed by atoms with van der Waals surface area (Å²) in [6.07, 6.45) is 9.02. The van der Waals surface area contributed by atoms with E-state index in [1.807, 2.05) is 91.4 Å². The maximum atomic E-state index is 9.48. The van der Waals surface area contributed by atoms with Crippen molar-refractivity contribution in [2.45, 2.75) is 32.6 Å². The average molecular weight is 1050 g/mol. The van der Waals surface area contributed by atoms with Crippen LogP contribution in [-0.2, 0) is 45.8 Å². The van der Waals surface area contributed by atoms with Crippen molar-refractivity contribution in [3.63, 3.8) is 0 Å². The van der Waals surface area contributed by atoms with Crippen LogP contribution >= 0.6 is 0 Å². The summed E-state index contributed by atoms with van der Waals surface area (Å²) in [6.45, 7) is 2.06. The minimum atomic E-state index is 0. The van der Waals surface area contributed by atoms with Gasteiger partial charge in [0.1, 0.15) is 0 Å². The molecule has 10 aromatic rings. The first-order valence-electron chi connectivity index (χ1n) is 22.7. The molecule has 3 aromatic heterocycles. The van der Waals surface area contributed by atoms with Gasteiger partial charge in [0.15, 0.2) is 0 Å². The predicted molar refractivity (Wildman–Crippen MR) is 272 cm³/mol. The van der Waals surface area contributed by atoms with Gasteiger partial charge in [-0.05, 0) is 112 Å². The first-order chi connectivity index (χ1) is 33.0.